The second-order valence-corrected chi connectivity index (χ2v) is 10.8. The molecule has 1 aromatic rings. The summed E-state index contributed by atoms with van der Waals surface area (Å²) in [5.41, 5.74) is 0.698. The van der Waals surface area contributed by atoms with E-state index < -0.39 is 22.1 Å². The van der Waals surface area contributed by atoms with Crippen LogP contribution < -0.4 is 4.90 Å². The summed E-state index contributed by atoms with van der Waals surface area (Å²) in [7, 11) is -0.872. The Morgan fingerprint density at radius 2 is 1.75 bits per heavy atom. The molecule has 2 aliphatic rings. The number of rotatable bonds is 6. The first-order valence-electron chi connectivity index (χ1n) is 11.0. The van der Waals surface area contributed by atoms with Crippen LogP contribution >= 0.6 is 0 Å². The number of esters is 1. The normalized spacial score (nSPS) is 19.2. The Morgan fingerprint density at radius 3 is 2.34 bits per heavy atom. The van der Waals surface area contributed by atoms with Gasteiger partial charge in [-0.2, -0.15) is 0 Å². The van der Waals surface area contributed by atoms with Crippen LogP contribution in [0, 0.1) is 5.92 Å². The molecule has 2 saturated heterocycles. The Balaban J connectivity index is 1.85. The molecule has 2 heterocycles. The minimum Gasteiger partial charge on any atom is -0.449 e. The molecule has 9 nitrogen and oxygen atoms in total. The number of hydrogen-bond donors (Lipinski definition) is 0. The van der Waals surface area contributed by atoms with Crippen LogP contribution in [0.4, 0.5) is 5.69 Å². The van der Waals surface area contributed by atoms with Gasteiger partial charge in [0.2, 0.25) is 10.0 Å². The quantitative estimate of drug-likeness (QED) is 0.586. The zero-order valence-electron chi connectivity index (χ0n) is 19.2. The minimum atomic E-state index is -3.74. The molecule has 2 fully saturated rings. The lowest BCUT2D eigenvalue weighted by molar-refractivity contribution is -0.141. The van der Waals surface area contributed by atoms with Crippen LogP contribution in [0.5, 0.6) is 0 Å². The summed E-state index contributed by atoms with van der Waals surface area (Å²) in [6.45, 7) is 7.18. The van der Waals surface area contributed by atoms with Gasteiger partial charge in [0, 0.05) is 40.3 Å². The molecule has 0 N–H and O–H groups in total. The maximum atomic E-state index is 13.1. The van der Waals surface area contributed by atoms with Crippen LogP contribution in [0.1, 0.15) is 37.0 Å². The topological polar surface area (TPSA) is 96.5 Å². The SMILES string of the molecule is CC1CCN(C(=O)[C@@H](C)OC(=O)c2cc(S(=O)(=O)N(C)C)ccc2N2CCOCC2)CC1. The van der Waals surface area contributed by atoms with Gasteiger partial charge in [0.05, 0.1) is 29.4 Å². The third-order valence-corrected chi connectivity index (χ3v) is 7.86. The van der Waals surface area contributed by atoms with Crippen molar-refractivity contribution < 1.29 is 27.5 Å². The number of sulfonamides is 1. The third kappa shape index (κ3) is 5.41. The van der Waals surface area contributed by atoms with Crippen molar-refractivity contribution in [2.24, 2.45) is 5.92 Å². The molecule has 32 heavy (non-hydrogen) atoms. The van der Waals surface area contributed by atoms with Gasteiger partial charge in [-0.15, -0.1) is 0 Å². The van der Waals surface area contributed by atoms with Gasteiger partial charge in [0.15, 0.2) is 6.10 Å². The van der Waals surface area contributed by atoms with Gasteiger partial charge in [0.25, 0.3) is 5.91 Å². The largest absolute Gasteiger partial charge is 0.449 e. The lowest BCUT2D eigenvalue weighted by atomic mass is 9.99. The number of piperidine rings is 1. The monoisotopic (exact) mass is 467 g/mol. The molecule has 1 amide bonds. The number of ether oxygens (including phenoxy) is 2. The van der Waals surface area contributed by atoms with E-state index in [0.29, 0.717) is 51.0 Å². The van der Waals surface area contributed by atoms with Gasteiger partial charge in [0.1, 0.15) is 0 Å². The Hall–Kier alpha value is -2.17. The van der Waals surface area contributed by atoms with Crippen LogP contribution in [-0.2, 0) is 24.3 Å². The van der Waals surface area contributed by atoms with Gasteiger partial charge in [-0.1, -0.05) is 6.92 Å². The zero-order chi connectivity index (χ0) is 23.5. The Morgan fingerprint density at radius 1 is 1.12 bits per heavy atom. The molecule has 0 bridgehead atoms. The highest BCUT2D eigenvalue weighted by atomic mass is 32.2. The van der Waals surface area contributed by atoms with Gasteiger partial charge in [-0.05, 0) is 43.9 Å². The van der Waals surface area contributed by atoms with Crippen LogP contribution in [0.3, 0.4) is 0 Å². The average Bonchev–Trinajstić information content (AvgIpc) is 2.79. The average molecular weight is 468 g/mol. The lowest BCUT2D eigenvalue weighted by Gasteiger charge is -2.32. The molecule has 2 aliphatic heterocycles. The van der Waals surface area contributed by atoms with Crippen molar-refractivity contribution in [2.45, 2.75) is 37.7 Å². The Kier molecular flexibility index (Phi) is 7.79. The van der Waals surface area contributed by atoms with Gasteiger partial charge in [-0.3, -0.25) is 4.79 Å². The Bertz CT molecular complexity index is 935. The molecule has 0 saturated carbocycles. The smallest absolute Gasteiger partial charge is 0.341 e. The summed E-state index contributed by atoms with van der Waals surface area (Å²) in [5.74, 6) is -0.363. The van der Waals surface area contributed by atoms with Crippen molar-refractivity contribution in [1.82, 2.24) is 9.21 Å². The zero-order valence-corrected chi connectivity index (χ0v) is 20.1. The number of benzene rings is 1. The predicted molar refractivity (Wildman–Crippen MR) is 120 cm³/mol. The summed E-state index contributed by atoms with van der Waals surface area (Å²) in [5, 5.41) is 0. The summed E-state index contributed by atoms with van der Waals surface area (Å²) >= 11 is 0. The Labute approximate surface area is 190 Å². The number of nitrogens with zero attached hydrogens (tertiary/aromatic N) is 3. The van der Waals surface area contributed by atoms with E-state index in [1.54, 1.807) is 17.9 Å². The highest BCUT2D eigenvalue weighted by Crippen LogP contribution is 2.27. The maximum Gasteiger partial charge on any atom is 0.341 e. The second kappa shape index (κ2) is 10.2. The minimum absolute atomic E-state index is 0.00421. The molecule has 3 rings (SSSR count). The molecule has 178 valence electrons. The molecule has 0 radical (unpaired) electrons. The van der Waals surface area contributed by atoms with E-state index in [2.05, 4.69) is 6.92 Å². The predicted octanol–water partition coefficient (Wildman–Crippen LogP) is 1.58. The fourth-order valence-corrected chi connectivity index (χ4v) is 4.82. The standard InChI is InChI=1S/C22H33N3O6S/c1-16-7-9-25(10-8-16)21(26)17(2)31-22(27)19-15-18(32(28,29)23(3)4)5-6-20(19)24-11-13-30-14-12-24/h5-6,15-17H,7-14H2,1-4H3/t17-/m1/s1. The van der Waals surface area contributed by atoms with Crippen molar-refractivity contribution in [1.29, 1.82) is 0 Å². The number of anilines is 1. The van der Waals surface area contributed by atoms with Crippen molar-refractivity contribution in [3.05, 3.63) is 23.8 Å². The molecule has 10 heteroatoms. The molecule has 0 aromatic heterocycles. The van der Waals surface area contributed by atoms with E-state index in [1.807, 2.05) is 4.90 Å². The number of amides is 1. The first-order valence-corrected chi connectivity index (χ1v) is 12.4. The van der Waals surface area contributed by atoms with Crippen molar-refractivity contribution in [2.75, 3.05) is 58.4 Å². The van der Waals surface area contributed by atoms with Crippen LogP contribution in [-0.4, -0.2) is 89.1 Å². The molecule has 0 spiro atoms. The van der Waals surface area contributed by atoms with Crippen molar-refractivity contribution >= 4 is 27.6 Å². The summed E-state index contributed by atoms with van der Waals surface area (Å²) in [6.07, 6.45) is 0.901. The summed E-state index contributed by atoms with van der Waals surface area (Å²) in [4.78, 5) is 29.6. The van der Waals surface area contributed by atoms with E-state index in [1.165, 1.54) is 26.2 Å². The van der Waals surface area contributed by atoms with Crippen LogP contribution in [0.15, 0.2) is 23.1 Å². The number of hydrogen-bond acceptors (Lipinski definition) is 7. The van der Waals surface area contributed by atoms with Crippen molar-refractivity contribution in [3.63, 3.8) is 0 Å². The first kappa shape index (κ1) is 24.5. The van der Waals surface area contributed by atoms with Gasteiger partial charge in [-0.25, -0.2) is 17.5 Å². The molecular weight excluding hydrogens is 434 g/mol. The number of carbonyl (C=O) groups is 2. The molecule has 0 aliphatic carbocycles. The molecular formula is C22H33N3O6S. The molecule has 0 unspecified atom stereocenters. The molecule has 1 atom stereocenters. The first-order chi connectivity index (χ1) is 15.1. The summed E-state index contributed by atoms with van der Waals surface area (Å²) < 4.78 is 37.3. The third-order valence-electron chi connectivity index (χ3n) is 6.05. The van der Waals surface area contributed by atoms with Gasteiger partial charge < -0.3 is 19.3 Å². The van der Waals surface area contributed by atoms with E-state index in [4.69, 9.17) is 9.47 Å². The molecule has 1 aromatic carbocycles. The summed E-state index contributed by atoms with van der Waals surface area (Å²) in [6, 6.07) is 4.44. The highest BCUT2D eigenvalue weighted by Gasteiger charge is 2.30. The number of morpholine rings is 1. The van der Waals surface area contributed by atoms with Crippen LogP contribution in [0.25, 0.3) is 0 Å². The van der Waals surface area contributed by atoms with Crippen LogP contribution in [0.2, 0.25) is 0 Å². The fraction of sp³-hybridized carbons (Fsp3) is 0.636. The van der Waals surface area contributed by atoms with E-state index in [0.717, 1.165) is 17.1 Å². The van der Waals surface area contributed by atoms with Crippen molar-refractivity contribution in [3.8, 4) is 0 Å². The second-order valence-electron chi connectivity index (χ2n) is 8.62. The van der Waals surface area contributed by atoms with E-state index in [-0.39, 0.29) is 16.4 Å². The highest BCUT2D eigenvalue weighted by molar-refractivity contribution is 7.89. The maximum absolute atomic E-state index is 13.1. The van der Waals surface area contributed by atoms with E-state index >= 15 is 0 Å². The van der Waals surface area contributed by atoms with Gasteiger partial charge >= 0.3 is 5.97 Å². The van der Waals surface area contributed by atoms with E-state index in [9.17, 15) is 18.0 Å². The number of likely N-dealkylation sites (tertiary alicyclic amines) is 1. The fourth-order valence-electron chi connectivity index (χ4n) is 3.89. The number of carbonyl (C=O) groups excluding carboxylic acids is 2. The lowest BCUT2D eigenvalue weighted by Crippen LogP contribution is -2.44.